The maximum Gasteiger partial charge on any atom is 0.307 e. The molecule has 0 aliphatic carbocycles. The highest BCUT2D eigenvalue weighted by Gasteiger charge is 2.15. The number of hydrogen-bond acceptors (Lipinski definition) is 8. The number of anilines is 1. The van der Waals surface area contributed by atoms with Gasteiger partial charge in [-0.1, -0.05) is 38.0 Å². The number of nitrogens with zero attached hydrogens (tertiary/aromatic N) is 3. The minimum atomic E-state index is -0.359. The molecule has 0 radical (unpaired) electrons. The third-order valence-corrected chi connectivity index (χ3v) is 6.05. The summed E-state index contributed by atoms with van der Waals surface area (Å²) >= 11 is 0. The molecule has 0 aliphatic rings. The molecule has 4 aromatic rings. The molecule has 2 aromatic carbocycles. The summed E-state index contributed by atoms with van der Waals surface area (Å²) in [5.74, 6) is 0.233. The van der Waals surface area contributed by atoms with E-state index in [4.69, 9.17) is 4.42 Å². The molecule has 9 nitrogen and oxygen atoms in total. The Labute approximate surface area is 221 Å². The van der Waals surface area contributed by atoms with Crippen LogP contribution in [-0.4, -0.2) is 40.7 Å². The van der Waals surface area contributed by atoms with Crippen molar-refractivity contribution in [3.8, 4) is 23.0 Å². The monoisotopic (exact) mass is 513 g/mol. The lowest BCUT2D eigenvalue weighted by Crippen LogP contribution is -2.26. The maximum atomic E-state index is 12.3. The van der Waals surface area contributed by atoms with Crippen LogP contribution in [0.2, 0.25) is 0 Å². The van der Waals surface area contributed by atoms with Crippen LogP contribution in [0.25, 0.3) is 23.0 Å². The molecule has 2 aromatic heterocycles. The lowest BCUT2D eigenvalue weighted by atomic mass is 9.99. The van der Waals surface area contributed by atoms with E-state index in [1.807, 2.05) is 42.5 Å². The van der Waals surface area contributed by atoms with E-state index in [2.05, 4.69) is 49.6 Å². The quantitative estimate of drug-likeness (QED) is 0.241. The Morgan fingerprint density at radius 2 is 1.74 bits per heavy atom. The minimum Gasteiger partial charge on any atom is -0.469 e. The Hall–Kier alpha value is -4.53. The molecule has 2 heterocycles. The van der Waals surface area contributed by atoms with Gasteiger partial charge in [0, 0.05) is 29.6 Å². The molecule has 38 heavy (non-hydrogen) atoms. The van der Waals surface area contributed by atoms with Gasteiger partial charge in [0.1, 0.15) is 5.69 Å². The van der Waals surface area contributed by atoms with Gasteiger partial charge >= 0.3 is 5.97 Å². The lowest BCUT2D eigenvalue weighted by molar-refractivity contribution is -0.140. The van der Waals surface area contributed by atoms with Crippen LogP contribution in [-0.2, 0) is 9.53 Å². The number of esters is 1. The van der Waals surface area contributed by atoms with Gasteiger partial charge in [-0.05, 0) is 60.5 Å². The van der Waals surface area contributed by atoms with E-state index in [1.54, 1.807) is 18.3 Å². The van der Waals surface area contributed by atoms with Crippen molar-refractivity contribution in [3.63, 3.8) is 0 Å². The van der Waals surface area contributed by atoms with Crippen LogP contribution < -0.4 is 10.6 Å². The average Bonchev–Trinajstić information content (AvgIpc) is 3.46. The summed E-state index contributed by atoms with van der Waals surface area (Å²) in [7, 11) is 1.32. The Morgan fingerprint density at radius 3 is 2.42 bits per heavy atom. The van der Waals surface area contributed by atoms with Gasteiger partial charge in [0.05, 0.1) is 19.6 Å². The highest BCUT2D eigenvalue weighted by molar-refractivity contribution is 5.94. The Morgan fingerprint density at radius 1 is 0.974 bits per heavy atom. The standard InChI is InChI=1S/C29H31N5O4/c1-3-4-7-24(32-23-15-13-21(14-16-23)27(36)31-19-17-26(35)37-2)20-9-11-22(12-10-20)28-33-34-29(38-28)25-8-5-6-18-30-25/h5-6,8-16,18,24,32H,3-4,7,17,19H2,1-2H3,(H,31,36). The van der Waals surface area contributed by atoms with Crippen molar-refractivity contribution in [2.24, 2.45) is 0 Å². The summed E-state index contributed by atoms with van der Waals surface area (Å²) in [4.78, 5) is 27.8. The Balaban J connectivity index is 1.41. The van der Waals surface area contributed by atoms with Crippen LogP contribution in [0.3, 0.4) is 0 Å². The highest BCUT2D eigenvalue weighted by Crippen LogP contribution is 2.28. The van der Waals surface area contributed by atoms with Crippen LogP contribution in [0.4, 0.5) is 5.69 Å². The van der Waals surface area contributed by atoms with Gasteiger partial charge in [-0.15, -0.1) is 10.2 Å². The van der Waals surface area contributed by atoms with Gasteiger partial charge in [-0.25, -0.2) is 0 Å². The van der Waals surface area contributed by atoms with E-state index in [0.717, 1.165) is 36.1 Å². The molecule has 4 rings (SSSR count). The molecule has 0 saturated carbocycles. The molecule has 0 saturated heterocycles. The maximum absolute atomic E-state index is 12.3. The third kappa shape index (κ3) is 7.03. The predicted octanol–water partition coefficient (Wildman–Crippen LogP) is 5.43. The number of benzene rings is 2. The minimum absolute atomic E-state index is 0.0931. The Kier molecular flexibility index (Phi) is 9.17. The molecule has 1 unspecified atom stereocenters. The molecule has 0 spiro atoms. The fraction of sp³-hybridized carbons (Fsp3) is 0.276. The van der Waals surface area contributed by atoms with Crippen molar-refractivity contribution >= 4 is 17.6 Å². The van der Waals surface area contributed by atoms with Gasteiger partial charge in [0.2, 0.25) is 5.89 Å². The second kappa shape index (κ2) is 13.1. The summed E-state index contributed by atoms with van der Waals surface area (Å²) in [6, 6.07) is 21.0. The van der Waals surface area contributed by atoms with E-state index in [9.17, 15) is 9.59 Å². The summed E-state index contributed by atoms with van der Waals surface area (Å²) in [6.07, 6.45) is 4.93. The topological polar surface area (TPSA) is 119 Å². The fourth-order valence-corrected chi connectivity index (χ4v) is 3.92. The molecule has 0 aliphatic heterocycles. The van der Waals surface area contributed by atoms with Gasteiger partial charge in [0.25, 0.3) is 11.8 Å². The number of unbranched alkanes of at least 4 members (excludes halogenated alkanes) is 1. The molecular formula is C29H31N5O4. The lowest BCUT2D eigenvalue weighted by Gasteiger charge is -2.21. The number of rotatable bonds is 12. The normalized spacial score (nSPS) is 11.5. The van der Waals surface area contributed by atoms with E-state index < -0.39 is 0 Å². The smallest absolute Gasteiger partial charge is 0.307 e. The first-order valence-electron chi connectivity index (χ1n) is 12.6. The van der Waals surface area contributed by atoms with Crippen LogP contribution in [0.15, 0.2) is 77.3 Å². The van der Waals surface area contributed by atoms with Gasteiger partial charge in [0.15, 0.2) is 0 Å². The summed E-state index contributed by atoms with van der Waals surface area (Å²) < 4.78 is 10.4. The van der Waals surface area contributed by atoms with Gasteiger partial charge in [-0.3, -0.25) is 14.6 Å². The van der Waals surface area contributed by atoms with E-state index in [0.29, 0.717) is 23.0 Å². The first-order valence-corrected chi connectivity index (χ1v) is 12.6. The summed E-state index contributed by atoms with van der Waals surface area (Å²) in [5.41, 5.74) is 4.05. The average molecular weight is 514 g/mol. The van der Waals surface area contributed by atoms with E-state index in [1.165, 1.54) is 7.11 Å². The number of ether oxygens (including phenoxy) is 1. The third-order valence-electron chi connectivity index (χ3n) is 6.05. The van der Waals surface area contributed by atoms with E-state index in [-0.39, 0.29) is 30.9 Å². The molecule has 2 N–H and O–H groups in total. The van der Waals surface area contributed by atoms with Crippen LogP contribution >= 0.6 is 0 Å². The second-order valence-electron chi connectivity index (χ2n) is 8.75. The van der Waals surface area contributed by atoms with Crippen molar-refractivity contribution < 1.29 is 18.7 Å². The number of amides is 1. The fourth-order valence-electron chi connectivity index (χ4n) is 3.92. The number of hydrogen-bond donors (Lipinski definition) is 2. The van der Waals surface area contributed by atoms with Crippen molar-refractivity contribution in [1.82, 2.24) is 20.5 Å². The molecule has 0 fully saturated rings. The summed E-state index contributed by atoms with van der Waals surface area (Å²) in [5, 5.41) is 14.6. The zero-order valence-electron chi connectivity index (χ0n) is 21.5. The number of pyridine rings is 1. The summed E-state index contributed by atoms with van der Waals surface area (Å²) in [6.45, 7) is 2.40. The first-order chi connectivity index (χ1) is 18.6. The highest BCUT2D eigenvalue weighted by atomic mass is 16.5. The molecule has 9 heteroatoms. The molecule has 1 amide bonds. The van der Waals surface area contributed by atoms with Crippen molar-refractivity contribution in [1.29, 1.82) is 0 Å². The molecule has 196 valence electrons. The largest absolute Gasteiger partial charge is 0.469 e. The van der Waals surface area contributed by atoms with Crippen molar-refractivity contribution in [2.45, 2.75) is 38.6 Å². The van der Waals surface area contributed by atoms with Crippen LogP contribution in [0.1, 0.15) is 54.6 Å². The zero-order valence-corrected chi connectivity index (χ0v) is 21.5. The van der Waals surface area contributed by atoms with Gasteiger partial charge < -0.3 is 19.8 Å². The second-order valence-corrected chi connectivity index (χ2v) is 8.75. The Bertz CT molecular complexity index is 1320. The molecule has 0 bridgehead atoms. The number of carbonyl (C=O) groups excluding carboxylic acids is 2. The van der Waals surface area contributed by atoms with Crippen molar-refractivity contribution in [3.05, 3.63) is 84.1 Å². The zero-order chi connectivity index (χ0) is 26.7. The number of nitrogens with one attached hydrogen (secondary N) is 2. The van der Waals surface area contributed by atoms with Crippen LogP contribution in [0.5, 0.6) is 0 Å². The van der Waals surface area contributed by atoms with Crippen molar-refractivity contribution in [2.75, 3.05) is 19.0 Å². The SMILES string of the molecule is CCCCC(Nc1ccc(C(=O)NCCC(=O)OC)cc1)c1ccc(-c2nnc(-c3ccccn3)o2)cc1. The van der Waals surface area contributed by atoms with Gasteiger partial charge in [-0.2, -0.15) is 0 Å². The number of aromatic nitrogens is 3. The number of carbonyl (C=O) groups is 2. The number of methoxy groups -OCH3 is 1. The van der Waals surface area contributed by atoms with E-state index >= 15 is 0 Å². The molecular weight excluding hydrogens is 482 g/mol. The first kappa shape index (κ1) is 26.5. The molecule has 1 atom stereocenters. The van der Waals surface area contributed by atoms with Crippen LogP contribution in [0, 0.1) is 0 Å². The predicted molar refractivity (Wildman–Crippen MR) is 144 cm³/mol.